The van der Waals surface area contributed by atoms with Gasteiger partial charge in [-0.3, -0.25) is 9.79 Å². The zero-order valence-electron chi connectivity index (χ0n) is 8.65. The molecule has 0 radical (unpaired) electrons. The van der Waals surface area contributed by atoms with Crippen molar-refractivity contribution in [3.8, 4) is 0 Å². The quantitative estimate of drug-likeness (QED) is 0.184. The normalized spacial score (nSPS) is 11.7. The predicted molar refractivity (Wildman–Crippen MR) is 59.5 cm³/mol. The van der Waals surface area contributed by atoms with Gasteiger partial charge in [0.1, 0.15) is 6.04 Å². The molecule has 0 aliphatic rings. The first kappa shape index (κ1) is 13.4. The summed E-state index contributed by atoms with van der Waals surface area (Å²) in [5, 5.41) is 11.7. The van der Waals surface area contributed by atoms with Gasteiger partial charge in [-0.2, -0.15) is 0 Å². The van der Waals surface area contributed by atoms with Crippen LogP contribution in [0.3, 0.4) is 0 Å². The monoisotopic (exact) mass is 214 g/mol. The maximum Gasteiger partial charge on any atom is 0.320 e. The number of rotatable bonds is 8. The number of nitrogens with one attached hydrogen (secondary N) is 1. The van der Waals surface area contributed by atoms with Crippen LogP contribution in [0, 0.1) is 0 Å². The molecule has 0 saturated heterocycles. The van der Waals surface area contributed by atoms with Crippen LogP contribution in [0.2, 0.25) is 0 Å². The fraction of sp³-hybridized carbons (Fsp3) is 0.556. The Balaban J connectivity index is 3.80. The van der Waals surface area contributed by atoms with Crippen LogP contribution in [0.25, 0.3) is 0 Å². The first-order chi connectivity index (χ1) is 7.07. The third kappa shape index (κ3) is 7.51. The standard InChI is InChI=1S/C9H18N4O2/c1-2-5-12-7(8(14)15)4-3-6-13-9(10)11/h2,7,12H,1,3-6H2,(H,14,15)(H4,10,11,13). The van der Waals surface area contributed by atoms with E-state index < -0.39 is 12.0 Å². The zero-order chi connectivity index (χ0) is 11.7. The smallest absolute Gasteiger partial charge is 0.320 e. The highest BCUT2D eigenvalue weighted by atomic mass is 16.4. The van der Waals surface area contributed by atoms with Crippen LogP contribution in [0.15, 0.2) is 17.6 Å². The number of aliphatic carboxylic acids is 1. The minimum Gasteiger partial charge on any atom is -0.480 e. The molecule has 15 heavy (non-hydrogen) atoms. The lowest BCUT2D eigenvalue weighted by Crippen LogP contribution is -2.36. The molecule has 0 heterocycles. The van der Waals surface area contributed by atoms with Crippen molar-refractivity contribution < 1.29 is 9.90 Å². The summed E-state index contributed by atoms with van der Waals surface area (Å²) in [6, 6.07) is -0.572. The number of nitrogens with two attached hydrogens (primary N) is 2. The average molecular weight is 214 g/mol. The van der Waals surface area contributed by atoms with E-state index in [9.17, 15) is 4.79 Å². The van der Waals surface area contributed by atoms with Crippen LogP contribution in [0.1, 0.15) is 12.8 Å². The second-order valence-electron chi connectivity index (χ2n) is 3.04. The molecule has 6 N–H and O–H groups in total. The van der Waals surface area contributed by atoms with Gasteiger partial charge in [0.2, 0.25) is 0 Å². The molecule has 0 aromatic carbocycles. The molecule has 0 aliphatic heterocycles. The van der Waals surface area contributed by atoms with Crippen molar-refractivity contribution in [3.05, 3.63) is 12.7 Å². The molecule has 0 spiro atoms. The van der Waals surface area contributed by atoms with Gasteiger partial charge < -0.3 is 21.9 Å². The highest BCUT2D eigenvalue weighted by Gasteiger charge is 2.14. The van der Waals surface area contributed by atoms with Gasteiger partial charge in [0.25, 0.3) is 0 Å². The summed E-state index contributed by atoms with van der Waals surface area (Å²) in [6.07, 6.45) is 2.73. The van der Waals surface area contributed by atoms with Gasteiger partial charge in [-0.05, 0) is 12.8 Å². The van der Waals surface area contributed by atoms with E-state index in [0.717, 1.165) is 0 Å². The largest absolute Gasteiger partial charge is 0.480 e. The summed E-state index contributed by atoms with van der Waals surface area (Å²) in [6.45, 7) is 4.42. The molecular formula is C9H18N4O2. The van der Waals surface area contributed by atoms with Crippen molar-refractivity contribution in [1.29, 1.82) is 0 Å². The fourth-order valence-corrected chi connectivity index (χ4v) is 1.04. The SMILES string of the molecule is C=CCNC(CCCN=C(N)N)C(=O)O. The zero-order valence-corrected chi connectivity index (χ0v) is 8.65. The van der Waals surface area contributed by atoms with Crippen molar-refractivity contribution in [2.75, 3.05) is 13.1 Å². The number of hydrogen-bond acceptors (Lipinski definition) is 3. The van der Waals surface area contributed by atoms with E-state index in [4.69, 9.17) is 16.6 Å². The molecule has 0 saturated carbocycles. The molecule has 86 valence electrons. The number of guanidine groups is 1. The van der Waals surface area contributed by atoms with Crippen LogP contribution in [0.5, 0.6) is 0 Å². The average Bonchev–Trinajstić information content (AvgIpc) is 2.15. The van der Waals surface area contributed by atoms with Crippen molar-refractivity contribution in [1.82, 2.24) is 5.32 Å². The van der Waals surface area contributed by atoms with Gasteiger partial charge in [-0.25, -0.2) is 0 Å². The lowest BCUT2D eigenvalue weighted by Gasteiger charge is -2.11. The van der Waals surface area contributed by atoms with Crippen LogP contribution in [-0.4, -0.2) is 36.2 Å². The second kappa shape index (κ2) is 7.81. The minimum atomic E-state index is -0.874. The summed E-state index contributed by atoms with van der Waals surface area (Å²) in [5.41, 5.74) is 10.3. The van der Waals surface area contributed by atoms with Gasteiger partial charge in [0, 0.05) is 13.1 Å². The summed E-state index contributed by atoms with van der Waals surface area (Å²) in [4.78, 5) is 14.5. The third-order valence-electron chi connectivity index (χ3n) is 1.75. The van der Waals surface area contributed by atoms with Crippen LogP contribution < -0.4 is 16.8 Å². The maximum atomic E-state index is 10.8. The first-order valence-electron chi connectivity index (χ1n) is 4.70. The Kier molecular flexibility index (Phi) is 7.00. The maximum absolute atomic E-state index is 10.8. The van der Waals surface area contributed by atoms with E-state index in [2.05, 4.69) is 16.9 Å². The number of carboxylic acid groups (broad SMARTS) is 1. The summed E-state index contributed by atoms with van der Waals surface area (Å²) < 4.78 is 0. The number of carboxylic acids is 1. The van der Waals surface area contributed by atoms with E-state index in [-0.39, 0.29) is 5.96 Å². The lowest BCUT2D eigenvalue weighted by molar-refractivity contribution is -0.139. The Morgan fingerprint density at radius 1 is 1.60 bits per heavy atom. The van der Waals surface area contributed by atoms with Gasteiger partial charge in [0.05, 0.1) is 0 Å². The van der Waals surface area contributed by atoms with E-state index >= 15 is 0 Å². The second-order valence-corrected chi connectivity index (χ2v) is 3.04. The highest BCUT2D eigenvalue weighted by molar-refractivity contribution is 5.75. The molecule has 6 nitrogen and oxygen atoms in total. The molecule has 1 atom stereocenters. The molecule has 0 aliphatic carbocycles. The van der Waals surface area contributed by atoms with Crippen LogP contribution in [-0.2, 0) is 4.79 Å². The van der Waals surface area contributed by atoms with Gasteiger partial charge >= 0.3 is 5.97 Å². The van der Waals surface area contributed by atoms with Crippen molar-refractivity contribution in [2.45, 2.75) is 18.9 Å². The predicted octanol–water partition coefficient (Wildman–Crippen LogP) is -0.731. The molecule has 6 heteroatoms. The summed E-state index contributed by atoms with van der Waals surface area (Å²) >= 11 is 0. The topological polar surface area (TPSA) is 114 Å². The Hall–Kier alpha value is -1.56. The number of aliphatic imine (C=N–C) groups is 1. The Bertz CT molecular complexity index is 236. The molecule has 0 amide bonds. The Morgan fingerprint density at radius 3 is 2.73 bits per heavy atom. The van der Waals surface area contributed by atoms with E-state index in [1.165, 1.54) is 0 Å². The highest BCUT2D eigenvalue weighted by Crippen LogP contribution is 1.98. The molecule has 0 aromatic rings. The Labute approximate surface area is 89.0 Å². The Morgan fingerprint density at radius 2 is 2.27 bits per heavy atom. The molecule has 0 bridgehead atoms. The van der Waals surface area contributed by atoms with Crippen molar-refractivity contribution in [2.24, 2.45) is 16.5 Å². The van der Waals surface area contributed by atoms with Crippen molar-refractivity contribution in [3.63, 3.8) is 0 Å². The lowest BCUT2D eigenvalue weighted by atomic mass is 10.1. The minimum absolute atomic E-state index is 0.0286. The molecule has 1 unspecified atom stereocenters. The van der Waals surface area contributed by atoms with E-state index in [1.807, 2.05) is 0 Å². The number of carbonyl (C=O) groups is 1. The van der Waals surface area contributed by atoms with Crippen LogP contribution in [0.4, 0.5) is 0 Å². The van der Waals surface area contributed by atoms with E-state index in [1.54, 1.807) is 6.08 Å². The molecule has 0 aromatic heterocycles. The van der Waals surface area contributed by atoms with E-state index in [0.29, 0.717) is 25.9 Å². The number of hydrogen-bond donors (Lipinski definition) is 4. The third-order valence-corrected chi connectivity index (χ3v) is 1.75. The van der Waals surface area contributed by atoms with Gasteiger partial charge in [-0.1, -0.05) is 6.08 Å². The number of nitrogens with zero attached hydrogens (tertiary/aromatic N) is 1. The molecule has 0 fully saturated rings. The molecular weight excluding hydrogens is 196 g/mol. The first-order valence-corrected chi connectivity index (χ1v) is 4.70. The van der Waals surface area contributed by atoms with Crippen molar-refractivity contribution >= 4 is 11.9 Å². The molecule has 0 rings (SSSR count). The summed E-state index contributed by atoms with van der Waals surface area (Å²) in [5.74, 6) is -0.845. The summed E-state index contributed by atoms with van der Waals surface area (Å²) in [7, 11) is 0. The van der Waals surface area contributed by atoms with Gasteiger partial charge in [-0.15, -0.1) is 6.58 Å². The fourth-order valence-electron chi connectivity index (χ4n) is 1.04. The van der Waals surface area contributed by atoms with Gasteiger partial charge in [0.15, 0.2) is 5.96 Å². The van der Waals surface area contributed by atoms with Crippen LogP contribution >= 0.6 is 0 Å².